The highest BCUT2D eigenvalue weighted by Crippen LogP contribution is 2.51. The van der Waals surface area contributed by atoms with E-state index < -0.39 is 5.54 Å². The van der Waals surface area contributed by atoms with Gasteiger partial charge in [0.25, 0.3) is 0 Å². The van der Waals surface area contributed by atoms with Crippen molar-refractivity contribution < 1.29 is 4.79 Å². The summed E-state index contributed by atoms with van der Waals surface area (Å²) >= 11 is 0. The molecule has 1 aliphatic carbocycles. The van der Waals surface area contributed by atoms with Gasteiger partial charge >= 0.3 is 0 Å². The smallest absolute Gasteiger partial charge is 0.244 e. The van der Waals surface area contributed by atoms with Gasteiger partial charge < -0.3 is 11.1 Å². The van der Waals surface area contributed by atoms with E-state index in [4.69, 9.17) is 5.73 Å². The van der Waals surface area contributed by atoms with Crippen molar-refractivity contribution in [1.82, 2.24) is 5.32 Å². The van der Waals surface area contributed by atoms with Crippen molar-refractivity contribution in [3.63, 3.8) is 0 Å². The summed E-state index contributed by atoms with van der Waals surface area (Å²) in [4.78, 5) is 12.2. The molecule has 2 unspecified atom stereocenters. The number of carbonyl (C=O) groups excluding carboxylic acids is 1. The molecule has 106 valence electrons. The molecular formula is C15H23ClN2O. The van der Waals surface area contributed by atoms with Gasteiger partial charge in [-0.15, -0.1) is 12.4 Å². The van der Waals surface area contributed by atoms with Crippen LogP contribution in [0, 0.1) is 11.3 Å². The quantitative estimate of drug-likeness (QED) is 0.891. The number of hydrogen-bond acceptors (Lipinski definition) is 2. The summed E-state index contributed by atoms with van der Waals surface area (Å²) in [5, 5.41) is 2.98. The molecule has 2 rings (SSSR count). The maximum atomic E-state index is 12.2. The van der Waals surface area contributed by atoms with E-state index in [0.717, 1.165) is 12.1 Å². The van der Waals surface area contributed by atoms with Crippen molar-refractivity contribution in [2.24, 2.45) is 17.1 Å². The van der Waals surface area contributed by atoms with Crippen molar-refractivity contribution in [3.8, 4) is 0 Å². The van der Waals surface area contributed by atoms with Gasteiger partial charge in [-0.05, 0) is 30.2 Å². The maximum absolute atomic E-state index is 12.2. The van der Waals surface area contributed by atoms with Crippen LogP contribution in [0.4, 0.5) is 0 Å². The molecule has 0 spiro atoms. The Morgan fingerprint density at radius 2 is 1.95 bits per heavy atom. The van der Waals surface area contributed by atoms with E-state index in [-0.39, 0.29) is 18.3 Å². The van der Waals surface area contributed by atoms with Gasteiger partial charge in [0.2, 0.25) is 5.91 Å². The zero-order valence-corrected chi connectivity index (χ0v) is 12.6. The van der Waals surface area contributed by atoms with Crippen molar-refractivity contribution in [3.05, 3.63) is 35.9 Å². The van der Waals surface area contributed by atoms with E-state index in [9.17, 15) is 4.79 Å². The van der Waals surface area contributed by atoms with Crippen LogP contribution in [0.25, 0.3) is 0 Å². The number of amides is 1. The van der Waals surface area contributed by atoms with Gasteiger partial charge in [-0.1, -0.05) is 44.2 Å². The molecule has 19 heavy (non-hydrogen) atoms. The van der Waals surface area contributed by atoms with Gasteiger partial charge in [-0.25, -0.2) is 0 Å². The highest BCUT2D eigenvalue weighted by atomic mass is 35.5. The molecule has 0 bridgehead atoms. The van der Waals surface area contributed by atoms with E-state index in [1.165, 1.54) is 6.42 Å². The molecule has 0 radical (unpaired) electrons. The first-order valence-electron chi connectivity index (χ1n) is 6.47. The number of benzene rings is 1. The Kier molecular flexibility index (Phi) is 4.64. The Bertz CT molecular complexity index is 443. The van der Waals surface area contributed by atoms with Crippen LogP contribution < -0.4 is 11.1 Å². The summed E-state index contributed by atoms with van der Waals surface area (Å²) in [5.74, 6) is 0.490. The van der Waals surface area contributed by atoms with Gasteiger partial charge in [-0.3, -0.25) is 4.79 Å². The predicted octanol–water partition coefficient (Wildman–Crippen LogP) is 2.44. The van der Waals surface area contributed by atoms with Gasteiger partial charge in [0.15, 0.2) is 0 Å². The van der Waals surface area contributed by atoms with E-state index >= 15 is 0 Å². The second kappa shape index (κ2) is 5.51. The molecule has 1 saturated carbocycles. The molecule has 4 heteroatoms. The number of nitrogens with two attached hydrogens (primary N) is 1. The Labute approximate surface area is 121 Å². The van der Waals surface area contributed by atoms with E-state index in [2.05, 4.69) is 19.2 Å². The summed E-state index contributed by atoms with van der Waals surface area (Å²) in [6.45, 7) is 6.94. The summed E-state index contributed by atoms with van der Waals surface area (Å²) in [6, 6.07) is 9.50. The Hall–Kier alpha value is -1.06. The van der Waals surface area contributed by atoms with Gasteiger partial charge in [-0.2, -0.15) is 0 Å². The Balaban J connectivity index is 0.00000180. The molecule has 3 nitrogen and oxygen atoms in total. The maximum Gasteiger partial charge on any atom is 0.244 e. The van der Waals surface area contributed by atoms with Crippen molar-refractivity contribution in [2.75, 3.05) is 6.54 Å². The van der Waals surface area contributed by atoms with Gasteiger partial charge in [0.1, 0.15) is 5.54 Å². The van der Waals surface area contributed by atoms with Crippen LogP contribution in [0.2, 0.25) is 0 Å². The monoisotopic (exact) mass is 282 g/mol. The van der Waals surface area contributed by atoms with E-state index in [0.29, 0.717) is 11.3 Å². The number of carbonyl (C=O) groups is 1. The molecule has 3 N–H and O–H groups in total. The minimum Gasteiger partial charge on any atom is -0.354 e. The number of nitrogens with one attached hydrogen (secondary N) is 1. The topological polar surface area (TPSA) is 55.1 Å². The third-order valence-electron chi connectivity index (χ3n) is 4.07. The van der Waals surface area contributed by atoms with E-state index in [1.54, 1.807) is 6.92 Å². The van der Waals surface area contributed by atoms with Crippen molar-refractivity contribution in [1.29, 1.82) is 0 Å². The van der Waals surface area contributed by atoms with Crippen LogP contribution in [0.1, 0.15) is 32.8 Å². The second-order valence-corrected chi connectivity index (χ2v) is 6.17. The second-order valence-electron chi connectivity index (χ2n) is 6.17. The largest absolute Gasteiger partial charge is 0.354 e. The molecule has 1 amide bonds. The van der Waals surface area contributed by atoms with Crippen LogP contribution in [-0.2, 0) is 10.3 Å². The predicted molar refractivity (Wildman–Crippen MR) is 80.1 cm³/mol. The fraction of sp³-hybridized carbons (Fsp3) is 0.533. The zero-order chi connectivity index (χ0) is 13.4. The normalized spacial score (nSPS) is 22.8. The van der Waals surface area contributed by atoms with Crippen molar-refractivity contribution >= 4 is 18.3 Å². The summed E-state index contributed by atoms with van der Waals surface area (Å²) in [7, 11) is 0. The first-order chi connectivity index (χ1) is 8.34. The van der Waals surface area contributed by atoms with E-state index in [1.807, 2.05) is 30.3 Å². The number of hydrogen-bond donors (Lipinski definition) is 2. The van der Waals surface area contributed by atoms with Crippen LogP contribution in [-0.4, -0.2) is 12.5 Å². The SMILES string of the molecule is CC(N)(C(=O)NCC1CC1(C)C)c1ccccc1.Cl. The minimum absolute atomic E-state index is 0. The van der Waals surface area contributed by atoms with Crippen LogP contribution in [0.5, 0.6) is 0 Å². The molecule has 1 fully saturated rings. The fourth-order valence-electron chi connectivity index (χ4n) is 2.24. The molecule has 0 heterocycles. The molecule has 0 aliphatic heterocycles. The first-order valence-corrected chi connectivity index (χ1v) is 6.47. The third kappa shape index (κ3) is 3.48. The lowest BCUT2D eigenvalue weighted by atomic mass is 9.92. The zero-order valence-electron chi connectivity index (χ0n) is 11.8. The fourth-order valence-corrected chi connectivity index (χ4v) is 2.24. The lowest BCUT2D eigenvalue weighted by molar-refractivity contribution is -0.126. The number of halogens is 1. The first kappa shape index (κ1) is 16.0. The average molecular weight is 283 g/mol. The summed E-state index contributed by atoms with van der Waals surface area (Å²) in [5.41, 5.74) is 6.41. The summed E-state index contributed by atoms with van der Waals surface area (Å²) < 4.78 is 0. The lowest BCUT2D eigenvalue weighted by Crippen LogP contribution is -2.49. The minimum atomic E-state index is -0.958. The standard InChI is InChI=1S/C15H22N2O.ClH/c1-14(2)9-12(14)10-17-13(18)15(3,16)11-7-5-4-6-8-11;/h4-8,12H,9-10,16H2,1-3H3,(H,17,18);1H. The van der Waals surface area contributed by atoms with Gasteiger partial charge in [0, 0.05) is 6.54 Å². The highest BCUT2D eigenvalue weighted by Gasteiger charge is 2.45. The molecule has 1 aliphatic rings. The lowest BCUT2D eigenvalue weighted by Gasteiger charge is -2.24. The van der Waals surface area contributed by atoms with Crippen LogP contribution in [0.3, 0.4) is 0 Å². The van der Waals surface area contributed by atoms with Gasteiger partial charge in [0.05, 0.1) is 0 Å². The molecule has 0 saturated heterocycles. The molecular weight excluding hydrogens is 260 g/mol. The third-order valence-corrected chi connectivity index (χ3v) is 4.07. The molecule has 1 aromatic carbocycles. The molecule has 2 atom stereocenters. The molecule has 0 aromatic heterocycles. The Morgan fingerprint density at radius 3 is 2.42 bits per heavy atom. The summed E-state index contributed by atoms with van der Waals surface area (Å²) in [6.07, 6.45) is 1.18. The van der Waals surface area contributed by atoms with Crippen LogP contribution in [0.15, 0.2) is 30.3 Å². The van der Waals surface area contributed by atoms with Crippen LogP contribution >= 0.6 is 12.4 Å². The molecule has 1 aromatic rings. The van der Waals surface area contributed by atoms with Crippen molar-refractivity contribution in [2.45, 2.75) is 32.7 Å². The number of rotatable bonds is 4. The highest BCUT2D eigenvalue weighted by molar-refractivity contribution is 5.87. The Morgan fingerprint density at radius 1 is 1.42 bits per heavy atom. The average Bonchev–Trinajstić information content (AvgIpc) is 2.95.